The molecule has 0 bridgehead atoms. The van der Waals surface area contributed by atoms with Crippen molar-refractivity contribution >= 4 is 22.7 Å². The molecule has 0 saturated heterocycles. The van der Waals surface area contributed by atoms with Crippen LogP contribution in [0.5, 0.6) is 17.2 Å². The number of hydrogen-bond donors (Lipinski definition) is 0. The summed E-state index contributed by atoms with van der Waals surface area (Å²) in [7, 11) is 1.52. The minimum absolute atomic E-state index is 0.0789. The Bertz CT molecular complexity index is 946. The van der Waals surface area contributed by atoms with Gasteiger partial charge in [0.15, 0.2) is 11.5 Å². The van der Waals surface area contributed by atoms with E-state index < -0.39 is 11.9 Å². The Hall–Kier alpha value is -3.48. The fourth-order valence-electron chi connectivity index (χ4n) is 2.52. The van der Waals surface area contributed by atoms with Crippen LogP contribution in [0.2, 0.25) is 0 Å². The highest BCUT2D eigenvalue weighted by molar-refractivity contribution is 5.95. The minimum atomic E-state index is -0.466. The molecule has 0 aliphatic rings. The predicted molar refractivity (Wildman–Crippen MR) is 113 cm³/mol. The number of fused-ring (bicyclic) bond motifs is 1. The van der Waals surface area contributed by atoms with Crippen LogP contribution in [0.3, 0.4) is 0 Å². The molecule has 2 rings (SSSR count). The Labute approximate surface area is 175 Å². The van der Waals surface area contributed by atoms with Crippen molar-refractivity contribution in [2.45, 2.75) is 13.8 Å². The lowest BCUT2D eigenvalue weighted by molar-refractivity contribution is -0.140. The van der Waals surface area contributed by atoms with Gasteiger partial charge in [-0.15, -0.1) is 0 Å². The number of methoxy groups -OCH3 is 1. The van der Waals surface area contributed by atoms with Crippen LogP contribution in [0.25, 0.3) is 10.8 Å². The molecule has 0 heterocycles. The first kappa shape index (κ1) is 22.8. The van der Waals surface area contributed by atoms with Crippen LogP contribution in [0.1, 0.15) is 13.8 Å². The summed E-state index contributed by atoms with van der Waals surface area (Å²) in [5.74, 6) is 0.618. The monoisotopic (exact) mass is 414 g/mol. The van der Waals surface area contributed by atoms with E-state index in [1.54, 1.807) is 19.9 Å². The Morgan fingerprint density at radius 2 is 1.33 bits per heavy atom. The van der Waals surface area contributed by atoms with Gasteiger partial charge in [-0.25, -0.2) is 9.59 Å². The van der Waals surface area contributed by atoms with E-state index >= 15 is 0 Å². The van der Waals surface area contributed by atoms with E-state index in [9.17, 15) is 9.59 Å². The molecule has 0 N–H and O–H groups in total. The summed E-state index contributed by atoms with van der Waals surface area (Å²) in [6.45, 7) is 10.7. The highest BCUT2D eigenvalue weighted by atomic mass is 16.6. The lowest BCUT2D eigenvalue weighted by atomic mass is 10.1. The summed E-state index contributed by atoms with van der Waals surface area (Å²) in [6, 6.07) is 9.21. The Morgan fingerprint density at radius 3 is 1.87 bits per heavy atom. The van der Waals surface area contributed by atoms with Gasteiger partial charge < -0.3 is 23.7 Å². The normalized spacial score (nSPS) is 10.2. The molecule has 30 heavy (non-hydrogen) atoms. The minimum Gasteiger partial charge on any atom is -0.493 e. The highest BCUT2D eigenvalue weighted by Gasteiger charge is 2.16. The van der Waals surface area contributed by atoms with Crippen LogP contribution in [0.4, 0.5) is 0 Å². The lowest BCUT2D eigenvalue weighted by Gasteiger charge is -2.17. The average Bonchev–Trinajstić information content (AvgIpc) is 2.73. The van der Waals surface area contributed by atoms with E-state index in [-0.39, 0.29) is 26.4 Å². The van der Waals surface area contributed by atoms with Gasteiger partial charge >= 0.3 is 11.9 Å². The van der Waals surface area contributed by atoms with Crippen molar-refractivity contribution in [2.24, 2.45) is 0 Å². The first-order valence-corrected chi connectivity index (χ1v) is 9.35. The molecule has 0 radical (unpaired) electrons. The number of ether oxygens (including phenoxy) is 5. The van der Waals surface area contributed by atoms with E-state index in [0.717, 1.165) is 10.8 Å². The fourth-order valence-corrected chi connectivity index (χ4v) is 2.52. The van der Waals surface area contributed by atoms with Crippen LogP contribution in [0, 0.1) is 0 Å². The zero-order chi connectivity index (χ0) is 22.1. The van der Waals surface area contributed by atoms with Gasteiger partial charge in [0.25, 0.3) is 0 Å². The maximum atomic E-state index is 11.5. The van der Waals surface area contributed by atoms with Crippen molar-refractivity contribution < 1.29 is 33.3 Å². The van der Waals surface area contributed by atoms with Gasteiger partial charge in [0.2, 0.25) is 0 Å². The van der Waals surface area contributed by atoms with E-state index in [1.165, 1.54) is 7.11 Å². The summed E-state index contributed by atoms with van der Waals surface area (Å²) in [5.41, 5.74) is 0.658. The summed E-state index contributed by atoms with van der Waals surface area (Å²) >= 11 is 0. The van der Waals surface area contributed by atoms with E-state index in [4.69, 9.17) is 23.7 Å². The van der Waals surface area contributed by atoms with Crippen LogP contribution in [-0.2, 0) is 19.1 Å². The van der Waals surface area contributed by atoms with Crippen LogP contribution < -0.4 is 14.2 Å². The molecule has 2 aromatic carbocycles. The quantitative estimate of drug-likeness (QED) is 0.314. The molecule has 0 aromatic heterocycles. The Kier molecular flexibility index (Phi) is 8.29. The van der Waals surface area contributed by atoms with Crippen molar-refractivity contribution in [3.05, 3.63) is 54.6 Å². The third kappa shape index (κ3) is 6.01. The van der Waals surface area contributed by atoms with Crippen molar-refractivity contribution in [3.63, 3.8) is 0 Å². The summed E-state index contributed by atoms with van der Waals surface area (Å²) in [5, 5.41) is 1.58. The molecule has 160 valence electrons. The largest absolute Gasteiger partial charge is 0.493 e. The van der Waals surface area contributed by atoms with Gasteiger partial charge in [-0.2, -0.15) is 0 Å². The van der Waals surface area contributed by atoms with Gasteiger partial charge in [-0.1, -0.05) is 37.4 Å². The molecule has 7 nitrogen and oxygen atoms in total. The van der Waals surface area contributed by atoms with E-state index in [1.807, 2.05) is 24.3 Å². The number of rotatable bonds is 11. The topological polar surface area (TPSA) is 80.3 Å². The smallest absolute Gasteiger partial charge is 0.333 e. The van der Waals surface area contributed by atoms with Crippen molar-refractivity contribution in [1.29, 1.82) is 0 Å². The second kappa shape index (κ2) is 10.9. The zero-order valence-corrected chi connectivity index (χ0v) is 17.5. The van der Waals surface area contributed by atoms with E-state index in [2.05, 4.69) is 13.2 Å². The number of carbonyl (C=O) groups is 2. The Balaban J connectivity index is 2.13. The third-order valence-corrected chi connectivity index (χ3v) is 3.98. The SMILES string of the molecule is C=C(C)C(=O)OCCOc1cc(OC)c(OCCOC(=O)C(=C)C)c2ccccc12. The number of hydrogen-bond acceptors (Lipinski definition) is 7. The lowest BCUT2D eigenvalue weighted by Crippen LogP contribution is -2.13. The van der Waals surface area contributed by atoms with Crippen molar-refractivity contribution in [2.75, 3.05) is 33.5 Å². The molecule has 2 aromatic rings. The van der Waals surface area contributed by atoms with Crippen molar-refractivity contribution in [1.82, 2.24) is 0 Å². The van der Waals surface area contributed by atoms with Gasteiger partial charge in [0.05, 0.1) is 7.11 Å². The molecule has 0 unspecified atom stereocenters. The molecular formula is C23H26O7. The molecule has 0 spiro atoms. The van der Waals surface area contributed by atoms with Gasteiger partial charge in [0.1, 0.15) is 32.2 Å². The van der Waals surface area contributed by atoms with Crippen LogP contribution in [-0.4, -0.2) is 45.5 Å². The molecule has 0 aliphatic carbocycles. The first-order chi connectivity index (χ1) is 14.3. The van der Waals surface area contributed by atoms with Gasteiger partial charge in [-0.05, 0) is 13.8 Å². The molecule has 0 amide bonds. The maximum Gasteiger partial charge on any atom is 0.333 e. The molecular weight excluding hydrogens is 388 g/mol. The average molecular weight is 414 g/mol. The summed E-state index contributed by atoms with van der Waals surface area (Å²) in [6.07, 6.45) is 0. The molecule has 7 heteroatoms. The van der Waals surface area contributed by atoms with Gasteiger partial charge in [-0.3, -0.25) is 0 Å². The molecule has 0 fully saturated rings. The fraction of sp³-hybridized carbons (Fsp3) is 0.304. The first-order valence-electron chi connectivity index (χ1n) is 9.35. The highest BCUT2D eigenvalue weighted by Crippen LogP contribution is 2.41. The molecule has 0 aliphatic heterocycles. The second-order valence-corrected chi connectivity index (χ2v) is 6.48. The predicted octanol–water partition coefficient (Wildman–Crippen LogP) is 3.84. The summed E-state index contributed by atoms with van der Waals surface area (Å²) in [4.78, 5) is 23.0. The summed E-state index contributed by atoms with van der Waals surface area (Å²) < 4.78 is 27.2. The second-order valence-electron chi connectivity index (χ2n) is 6.48. The number of carbonyl (C=O) groups excluding carboxylic acids is 2. The molecule has 0 atom stereocenters. The Morgan fingerprint density at radius 1 is 0.800 bits per heavy atom. The van der Waals surface area contributed by atoms with E-state index in [0.29, 0.717) is 28.4 Å². The molecule has 0 saturated carbocycles. The van der Waals surface area contributed by atoms with Crippen LogP contribution in [0.15, 0.2) is 54.6 Å². The maximum absolute atomic E-state index is 11.5. The van der Waals surface area contributed by atoms with Crippen LogP contribution >= 0.6 is 0 Å². The zero-order valence-electron chi connectivity index (χ0n) is 17.5. The number of esters is 2. The van der Waals surface area contributed by atoms with Gasteiger partial charge in [0, 0.05) is 28.0 Å². The number of benzene rings is 2. The standard InChI is InChI=1S/C23H26O7/c1-15(2)22(24)29-12-10-27-19-14-20(26-5)21(18-9-7-6-8-17(18)19)28-11-13-30-23(25)16(3)4/h6-9,14H,1,3,10-13H2,2,4-5H3. The van der Waals surface area contributed by atoms with Crippen molar-refractivity contribution in [3.8, 4) is 17.2 Å². The third-order valence-electron chi connectivity index (χ3n) is 3.98.